The molecule has 2 aromatic rings. The van der Waals surface area contributed by atoms with Crippen molar-refractivity contribution in [1.82, 2.24) is 5.32 Å². The molecule has 1 aliphatic rings. The second-order valence-electron chi connectivity index (χ2n) is 5.46. The van der Waals surface area contributed by atoms with Crippen molar-refractivity contribution in [3.8, 4) is 11.5 Å². The molecule has 0 aromatic heterocycles. The van der Waals surface area contributed by atoms with E-state index in [2.05, 4.69) is 21.2 Å². The third kappa shape index (κ3) is 4.30. The van der Waals surface area contributed by atoms with Gasteiger partial charge in [0, 0.05) is 11.0 Å². The van der Waals surface area contributed by atoms with Gasteiger partial charge in [-0.15, -0.1) is 0 Å². The van der Waals surface area contributed by atoms with Crippen molar-refractivity contribution in [1.29, 1.82) is 0 Å². The predicted octanol–water partition coefficient (Wildman–Crippen LogP) is 3.04. The summed E-state index contributed by atoms with van der Waals surface area (Å²) in [5, 5.41) is 2.74. The molecule has 0 saturated heterocycles. The van der Waals surface area contributed by atoms with Crippen LogP contribution in [-0.4, -0.2) is 24.8 Å². The lowest BCUT2D eigenvalue weighted by Gasteiger charge is -2.14. The van der Waals surface area contributed by atoms with Crippen molar-refractivity contribution >= 4 is 27.8 Å². The van der Waals surface area contributed by atoms with E-state index in [1.54, 1.807) is 36.4 Å². The van der Waals surface area contributed by atoms with E-state index in [0.717, 1.165) is 10.0 Å². The summed E-state index contributed by atoms with van der Waals surface area (Å²) in [6, 6.07) is 12.2. The second kappa shape index (κ2) is 7.57. The van der Waals surface area contributed by atoms with E-state index < -0.39 is 12.1 Å². The maximum Gasteiger partial charge on any atom is 0.338 e. The largest absolute Gasteiger partial charge is 0.454 e. The Labute approximate surface area is 153 Å². The average Bonchev–Trinajstić information content (AvgIpc) is 3.07. The quantitative estimate of drug-likeness (QED) is 0.773. The summed E-state index contributed by atoms with van der Waals surface area (Å²) >= 11 is 3.29. The third-order valence-corrected chi connectivity index (χ3v) is 4.11. The predicted molar refractivity (Wildman–Crippen MR) is 93.4 cm³/mol. The van der Waals surface area contributed by atoms with Crippen molar-refractivity contribution in [2.45, 2.75) is 19.6 Å². The minimum absolute atomic E-state index is 0.202. The van der Waals surface area contributed by atoms with Crippen LogP contribution in [0.4, 0.5) is 0 Å². The van der Waals surface area contributed by atoms with Gasteiger partial charge >= 0.3 is 5.97 Å². The highest BCUT2D eigenvalue weighted by atomic mass is 79.9. The highest BCUT2D eigenvalue weighted by Crippen LogP contribution is 2.32. The van der Waals surface area contributed by atoms with Gasteiger partial charge in [-0.05, 0) is 42.8 Å². The lowest BCUT2D eigenvalue weighted by atomic mass is 10.2. The van der Waals surface area contributed by atoms with Crippen molar-refractivity contribution in [2.24, 2.45) is 0 Å². The van der Waals surface area contributed by atoms with Crippen LogP contribution in [-0.2, 0) is 16.1 Å². The Morgan fingerprint density at radius 2 is 2.00 bits per heavy atom. The normalized spacial score (nSPS) is 13.2. The molecule has 0 spiro atoms. The molecule has 0 aliphatic carbocycles. The molecule has 3 rings (SSSR count). The Morgan fingerprint density at radius 1 is 1.20 bits per heavy atom. The molecule has 1 atom stereocenters. The van der Waals surface area contributed by atoms with Crippen LogP contribution in [0.2, 0.25) is 0 Å². The van der Waals surface area contributed by atoms with Gasteiger partial charge in [0.1, 0.15) is 0 Å². The SMILES string of the molecule is C[C@@H](OC(=O)c1cccc(Br)c1)C(=O)NCc1ccc2c(c1)OCO2. The van der Waals surface area contributed by atoms with Crippen LogP contribution in [0.3, 0.4) is 0 Å². The van der Waals surface area contributed by atoms with Crippen LogP contribution < -0.4 is 14.8 Å². The summed E-state index contributed by atoms with van der Waals surface area (Å²) < 4.78 is 16.5. The van der Waals surface area contributed by atoms with E-state index in [4.69, 9.17) is 14.2 Å². The molecule has 1 N–H and O–H groups in total. The molecule has 1 aliphatic heterocycles. The molecule has 25 heavy (non-hydrogen) atoms. The minimum atomic E-state index is -0.902. The van der Waals surface area contributed by atoms with Gasteiger partial charge in [-0.1, -0.05) is 28.1 Å². The zero-order chi connectivity index (χ0) is 17.8. The Kier molecular flexibility index (Phi) is 5.23. The zero-order valence-corrected chi connectivity index (χ0v) is 15.0. The van der Waals surface area contributed by atoms with Crippen molar-refractivity contribution in [3.05, 3.63) is 58.1 Å². The fraction of sp³-hybridized carbons (Fsp3) is 0.222. The fourth-order valence-corrected chi connectivity index (χ4v) is 2.68. The van der Waals surface area contributed by atoms with Crippen LogP contribution in [0.25, 0.3) is 0 Å². The van der Waals surface area contributed by atoms with Crippen LogP contribution in [0.5, 0.6) is 11.5 Å². The molecule has 1 heterocycles. The van der Waals surface area contributed by atoms with Gasteiger partial charge in [0.05, 0.1) is 5.56 Å². The van der Waals surface area contributed by atoms with E-state index in [9.17, 15) is 9.59 Å². The number of hydrogen-bond acceptors (Lipinski definition) is 5. The number of amides is 1. The minimum Gasteiger partial charge on any atom is -0.454 e. The molecule has 6 nitrogen and oxygen atoms in total. The molecule has 0 saturated carbocycles. The van der Waals surface area contributed by atoms with E-state index in [1.165, 1.54) is 6.92 Å². The molecular weight excluding hydrogens is 390 g/mol. The number of carbonyl (C=O) groups is 2. The van der Waals surface area contributed by atoms with Gasteiger partial charge in [0.2, 0.25) is 6.79 Å². The highest BCUT2D eigenvalue weighted by molar-refractivity contribution is 9.10. The fourth-order valence-electron chi connectivity index (χ4n) is 2.28. The number of ether oxygens (including phenoxy) is 3. The van der Waals surface area contributed by atoms with Crippen molar-refractivity contribution < 1.29 is 23.8 Å². The Bertz CT molecular complexity index is 808. The van der Waals surface area contributed by atoms with Gasteiger partial charge in [0.15, 0.2) is 17.6 Å². The molecule has 130 valence electrons. The molecule has 0 radical (unpaired) electrons. The number of esters is 1. The first kappa shape index (κ1) is 17.3. The highest BCUT2D eigenvalue weighted by Gasteiger charge is 2.19. The van der Waals surface area contributed by atoms with Gasteiger partial charge in [-0.2, -0.15) is 0 Å². The Morgan fingerprint density at radius 3 is 2.80 bits per heavy atom. The number of fused-ring (bicyclic) bond motifs is 1. The summed E-state index contributed by atoms with van der Waals surface area (Å²) in [5.74, 6) is 0.417. The van der Waals surface area contributed by atoms with Crippen LogP contribution in [0.15, 0.2) is 46.9 Å². The first-order valence-electron chi connectivity index (χ1n) is 7.66. The number of hydrogen-bond donors (Lipinski definition) is 1. The number of rotatable bonds is 5. The number of carbonyl (C=O) groups excluding carboxylic acids is 2. The first-order chi connectivity index (χ1) is 12.0. The average molecular weight is 406 g/mol. The van der Waals surface area contributed by atoms with E-state index in [0.29, 0.717) is 23.6 Å². The maximum atomic E-state index is 12.1. The topological polar surface area (TPSA) is 73.9 Å². The molecule has 0 bridgehead atoms. The van der Waals surface area contributed by atoms with Gasteiger partial charge < -0.3 is 19.5 Å². The van der Waals surface area contributed by atoms with E-state index in [-0.39, 0.29) is 12.7 Å². The Hall–Kier alpha value is -2.54. The smallest absolute Gasteiger partial charge is 0.338 e. The monoisotopic (exact) mass is 405 g/mol. The van der Waals surface area contributed by atoms with Crippen molar-refractivity contribution in [3.63, 3.8) is 0 Å². The van der Waals surface area contributed by atoms with Gasteiger partial charge in [-0.3, -0.25) is 4.79 Å². The first-order valence-corrected chi connectivity index (χ1v) is 8.45. The van der Waals surface area contributed by atoms with Crippen LogP contribution in [0, 0.1) is 0 Å². The second-order valence-corrected chi connectivity index (χ2v) is 6.38. The molecule has 0 fully saturated rings. The molecule has 7 heteroatoms. The van der Waals surface area contributed by atoms with Crippen LogP contribution >= 0.6 is 15.9 Å². The molecule has 0 unspecified atom stereocenters. The third-order valence-electron chi connectivity index (χ3n) is 3.62. The van der Waals surface area contributed by atoms with E-state index in [1.807, 2.05) is 6.07 Å². The number of halogens is 1. The summed E-state index contributed by atoms with van der Waals surface area (Å²) in [7, 11) is 0. The maximum absolute atomic E-state index is 12.1. The van der Waals surface area contributed by atoms with Gasteiger partial charge in [-0.25, -0.2) is 4.79 Å². The molecule has 1 amide bonds. The summed E-state index contributed by atoms with van der Waals surface area (Å²) in [4.78, 5) is 24.2. The number of nitrogens with one attached hydrogen (secondary N) is 1. The van der Waals surface area contributed by atoms with Crippen molar-refractivity contribution in [2.75, 3.05) is 6.79 Å². The summed E-state index contributed by atoms with van der Waals surface area (Å²) in [6.45, 7) is 2.03. The van der Waals surface area contributed by atoms with E-state index >= 15 is 0 Å². The summed E-state index contributed by atoms with van der Waals surface area (Å²) in [5.41, 5.74) is 1.24. The van der Waals surface area contributed by atoms with Crippen LogP contribution in [0.1, 0.15) is 22.8 Å². The number of benzene rings is 2. The lowest BCUT2D eigenvalue weighted by Crippen LogP contribution is -2.35. The summed E-state index contributed by atoms with van der Waals surface area (Å²) in [6.07, 6.45) is -0.902. The lowest BCUT2D eigenvalue weighted by molar-refractivity contribution is -0.129. The van der Waals surface area contributed by atoms with Gasteiger partial charge in [0.25, 0.3) is 5.91 Å². The molecule has 2 aromatic carbocycles. The standard InChI is InChI=1S/C18H16BrNO5/c1-11(25-18(22)13-3-2-4-14(19)8-13)17(21)20-9-12-5-6-15-16(7-12)24-10-23-15/h2-8,11H,9-10H2,1H3,(H,20,21)/t11-/m1/s1. The zero-order valence-electron chi connectivity index (χ0n) is 13.5. The Balaban J connectivity index is 1.53. The molecular formula is C18H16BrNO5.